The number of carbonyl (C=O) groups is 1. The monoisotopic (exact) mass is 341 g/mol. The van der Waals surface area contributed by atoms with Gasteiger partial charge in [0.15, 0.2) is 11.3 Å². The smallest absolute Gasteiger partial charge is 0.343 e. The van der Waals surface area contributed by atoms with E-state index in [0.29, 0.717) is 13.1 Å². The van der Waals surface area contributed by atoms with E-state index in [-0.39, 0.29) is 23.3 Å². The fraction of sp³-hybridized carbons (Fsp3) is 0.333. The van der Waals surface area contributed by atoms with Gasteiger partial charge in [0.05, 0.1) is 6.07 Å². The standard InChI is InChI=1S/C15H15N7O3/c23-15(11-8-13(18-16-11)22(24)25)20-6-3-4-10(9-20)14-19-17-12-5-1-2-7-21(12)14/h1-2,5,7-8,10H,3-4,6,9H2,(H,16,18)/t10-/m1/s1. The molecule has 0 unspecified atom stereocenters. The van der Waals surface area contributed by atoms with Crippen LogP contribution in [0.5, 0.6) is 0 Å². The van der Waals surface area contributed by atoms with E-state index in [0.717, 1.165) is 24.3 Å². The number of pyridine rings is 1. The number of hydrogen-bond donors (Lipinski definition) is 1. The van der Waals surface area contributed by atoms with E-state index in [4.69, 9.17) is 0 Å². The highest BCUT2D eigenvalue weighted by molar-refractivity contribution is 5.92. The average molecular weight is 341 g/mol. The number of fused-ring (bicyclic) bond motifs is 1. The van der Waals surface area contributed by atoms with Crippen molar-refractivity contribution in [2.75, 3.05) is 13.1 Å². The van der Waals surface area contributed by atoms with E-state index in [9.17, 15) is 14.9 Å². The van der Waals surface area contributed by atoms with Gasteiger partial charge >= 0.3 is 5.82 Å². The predicted octanol–water partition coefficient (Wildman–Crippen LogP) is 1.38. The van der Waals surface area contributed by atoms with Crippen LogP contribution in [0.4, 0.5) is 5.82 Å². The first-order valence-electron chi connectivity index (χ1n) is 7.92. The van der Waals surface area contributed by atoms with Gasteiger partial charge < -0.3 is 15.0 Å². The van der Waals surface area contributed by atoms with Crippen molar-refractivity contribution in [1.29, 1.82) is 0 Å². The van der Waals surface area contributed by atoms with Crippen molar-refractivity contribution in [2.45, 2.75) is 18.8 Å². The highest BCUT2D eigenvalue weighted by Gasteiger charge is 2.30. The molecule has 25 heavy (non-hydrogen) atoms. The van der Waals surface area contributed by atoms with Crippen LogP contribution < -0.4 is 0 Å². The third-order valence-electron chi connectivity index (χ3n) is 4.39. The molecular weight excluding hydrogens is 326 g/mol. The minimum Gasteiger partial charge on any atom is -0.358 e. The van der Waals surface area contributed by atoms with E-state index in [1.54, 1.807) is 4.90 Å². The zero-order valence-electron chi connectivity index (χ0n) is 13.2. The van der Waals surface area contributed by atoms with Gasteiger partial charge in [-0.3, -0.25) is 9.20 Å². The summed E-state index contributed by atoms with van der Waals surface area (Å²) in [4.78, 5) is 24.4. The highest BCUT2D eigenvalue weighted by atomic mass is 16.6. The largest absolute Gasteiger partial charge is 0.358 e. The first-order chi connectivity index (χ1) is 12.1. The summed E-state index contributed by atoms with van der Waals surface area (Å²) in [6, 6.07) is 6.85. The molecule has 10 heteroatoms. The molecule has 4 heterocycles. The summed E-state index contributed by atoms with van der Waals surface area (Å²) in [5, 5.41) is 25.2. The normalized spacial score (nSPS) is 17.8. The summed E-state index contributed by atoms with van der Waals surface area (Å²) in [5.41, 5.74) is 0.822. The van der Waals surface area contributed by atoms with Crippen LogP contribution in [0.2, 0.25) is 0 Å². The zero-order valence-corrected chi connectivity index (χ0v) is 13.2. The summed E-state index contributed by atoms with van der Waals surface area (Å²) in [7, 11) is 0. The number of rotatable bonds is 3. The summed E-state index contributed by atoms with van der Waals surface area (Å²) < 4.78 is 1.93. The lowest BCUT2D eigenvalue weighted by Gasteiger charge is -2.31. The van der Waals surface area contributed by atoms with Gasteiger partial charge in [-0.05, 0) is 29.9 Å². The molecule has 10 nitrogen and oxygen atoms in total. The zero-order chi connectivity index (χ0) is 17.4. The lowest BCUT2D eigenvalue weighted by molar-refractivity contribution is -0.389. The van der Waals surface area contributed by atoms with Crippen molar-refractivity contribution in [1.82, 2.24) is 29.7 Å². The Morgan fingerprint density at radius 3 is 3.04 bits per heavy atom. The molecule has 1 N–H and O–H groups in total. The molecule has 0 aliphatic carbocycles. The average Bonchev–Trinajstić information content (AvgIpc) is 3.28. The van der Waals surface area contributed by atoms with Crippen LogP contribution in [0.15, 0.2) is 30.5 Å². The molecule has 128 valence electrons. The number of likely N-dealkylation sites (tertiary alicyclic amines) is 1. The highest BCUT2D eigenvalue weighted by Crippen LogP contribution is 2.27. The Morgan fingerprint density at radius 1 is 1.36 bits per heavy atom. The van der Waals surface area contributed by atoms with Gasteiger partial charge in [-0.25, -0.2) is 0 Å². The topological polar surface area (TPSA) is 122 Å². The summed E-state index contributed by atoms with van der Waals surface area (Å²) in [6.45, 7) is 1.07. The van der Waals surface area contributed by atoms with Crippen LogP contribution in [-0.4, -0.2) is 53.6 Å². The Morgan fingerprint density at radius 2 is 2.24 bits per heavy atom. The van der Waals surface area contributed by atoms with Crippen LogP contribution in [0.25, 0.3) is 5.65 Å². The van der Waals surface area contributed by atoms with Gasteiger partial charge in [0.1, 0.15) is 5.82 Å². The van der Waals surface area contributed by atoms with Crippen LogP contribution >= 0.6 is 0 Å². The Kier molecular flexibility index (Phi) is 3.64. The van der Waals surface area contributed by atoms with E-state index in [1.807, 2.05) is 28.8 Å². The third kappa shape index (κ3) is 2.71. The number of nitro groups is 1. The molecule has 1 fully saturated rings. The minimum atomic E-state index is -0.606. The molecule has 3 aromatic rings. The first kappa shape index (κ1) is 15.2. The Labute approximate surface area is 141 Å². The quantitative estimate of drug-likeness (QED) is 0.567. The number of hydrogen-bond acceptors (Lipinski definition) is 6. The molecule has 1 amide bonds. The molecule has 1 aliphatic heterocycles. The number of piperidine rings is 1. The molecule has 0 radical (unpaired) electrons. The van der Waals surface area contributed by atoms with Gasteiger partial charge in [0.2, 0.25) is 0 Å². The summed E-state index contributed by atoms with van der Waals surface area (Å²) in [5.74, 6) is 0.272. The number of aromatic amines is 1. The van der Waals surface area contributed by atoms with Gasteiger partial charge in [-0.1, -0.05) is 11.2 Å². The molecule has 0 aromatic carbocycles. The van der Waals surface area contributed by atoms with Crippen molar-refractivity contribution < 1.29 is 9.72 Å². The van der Waals surface area contributed by atoms with E-state index in [1.165, 1.54) is 6.07 Å². The number of aromatic nitrogens is 5. The summed E-state index contributed by atoms with van der Waals surface area (Å²) in [6.07, 6.45) is 3.63. The maximum Gasteiger partial charge on any atom is 0.343 e. The molecule has 3 aromatic heterocycles. The van der Waals surface area contributed by atoms with Crippen molar-refractivity contribution in [3.63, 3.8) is 0 Å². The lowest BCUT2D eigenvalue weighted by Crippen LogP contribution is -2.39. The Hall–Kier alpha value is -3.30. The minimum absolute atomic E-state index is 0.0541. The van der Waals surface area contributed by atoms with E-state index < -0.39 is 4.92 Å². The molecule has 1 saturated heterocycles. The van der Waals surface area contributed by atoms with Gasteiger partial charge in [-0.2, -0.15) is 0 Å². The second-order valence-electron chi connectivity index (χ2n) is 5.97. The molecule has 4 rings (SSSR count). The third-order valence-corrected chi connectivity index (χ3v) is 4.39. The molecule has 1 atom stereocenters. The number of amides is 1. The molecule has 0 bridgehead atoms. The second kappa shape index (κ2) is 5.96. The van der Waals surface area contributed by atoms with Crippen molar-refractivity contribution in [3.05, 3.63) is 52.1 Å². The van der Waals surface area contributed by atoms with Gasteiger partial charge in [-0.15, -0.1) is 15.3 Å². The van der Waals surface area contributed by atoms with Crippen LogP contribution in [0.1, 0.15) is 35.1 Å². The number of H-pyrrole nitrogens is 1. The first-order valence-corrected chi connectivity index (χ1v) is 7.92. The molecule has 0 spiro atoms. The lowest BCUT2D eigenvalue weighted by atomic mass is 9.97. The van der Waals surface area contributed by atoms with Crippen molar-refractivity contribution >= 4 is 17.4 Å². The predicted molar refractivity (Wildman–Crippen MR) is 86.1 cm³/mol. The van der Waals surface area contributed by atoms with Crippen molar-refractivity contribution in [3.8, 4) is 0 Å². The maximum atomic E-state index is 12.6. The molecule has 0 saturated carbocycles. The maximum absolute atomic E-state index is 12.6. The fourth-order valence-electron chi connectivity index (χ4n) is 3.19. The number of nitrogens with one attached hydrogen (secondary N) is 1. The number of nitrogens with zero attached hydrogens (tertiary/aromatic N) is 6. The SMILES string of the molecule is O=C(c1cc([N+](=O)[O-])[nH]n1)N1CCC[C@@H](c2nnc3ccccn23)C1. The fourth-order valence-corrected chi connectivity index (χ4v) is 3.19. The Bertz CT molecular complexity index is 947. The van der Waals surface area contributed by atoms with Crippen LogP contribution in [0.3, 0.4) is 0 Å². The van der Waals surface area contributed by atoms with Crippen LogP contribution in [-0.2, 0) is 0 Å². The molecular formula is C15H15N7O3. The van der Waals surface area contributed by atoms with Crippen LogP contribution in [0, 0.1) is 10.1 Å². The van der Waals surface area contributed by atoms with Gasteiger partial charge in [0.25, 0.3) is 5.91 Å². The van der Waals surface area contributed by atoms with Gasteiger partial charge in [0, 0.05) is 25.2 Å². The second-order valence-corrected chi connectivity index (χ2v) is 5.97. The summed E-state index contributed by atoms with van der Waals surface area (Å²) >= 11 is 0. The Balaban J connectivity index is 1.56. The van der Waals surface area contributed by atoms with E-state index in [2.05, 4.69) is 20.4 Å². The van der Waals surface area contributed by atoms with E-state index >= 15 is 0 Å². The number of carbonyl (C=O) groups excluding carboxylic acids is 1. The molecule has 1 aliphatic rings. The van der Waals surface area contributed by atoms with Crippen molar-refractivity contribution in [2.24, 2.45) is 0 Å².